The molecule has 0 heterocycles. The van der Waals surface area contributed by atoms with Gasteiger partial charge in [0.05, 0.1) is 0 Å². The van der Waals surface area contributed by atoms with E-state index in [1.807, 2.05) is 36.4 Å². The first-order valence-corrected chi connectivity index (χ1v) is 7.86. The molecule has 1 aliphatic carbocycles. The molecule has 2 nitrogen and oxygen atoms in total. The Kier molecular flexibility index (Phi) is 6.20. The molecule has 1 aliphatic rings. The van der Waals surface area contributed by atoms with E-state index < -0.39 is 0 Å². The van der Waals surface area contributed by atoms with Crippen LogP contribution in [0.3, 0.4) is 0 Å². The highest BCUT2D eigenvalue weighted by Crippen LogP contribution is 2.24. The summed E-state index contributed by atoms with van der Waals surface area (Å²) in [5.74, 6) is -0.184. The molecule has 0 unspecified atom stereocenters. The topological polar surface area (TPSA) is 26.3 Å². The summed E-state index contributed by atoms with van der Waals surface area (Å²) in [6, 6.07) is 9.79. The van der Waals surface area contributed by atoms with Crippen LogP contribution in [0, 0.1) is 0 Å². The van der Waals surface area contributed by atoms with Gasteiger partial charge in [0.2, 0.25) is 0 Å². The van der Waals surface area contributed by atoms with Crippen molar-refractivity contribution in [1.29, 1.82) is 0 Å². The van der Waals surface area contributed by atoms with Crippen molar-refractivity contribution >= 4 is 5.97 Å². The lowest BCUT2D eigenvalue weighted by Gasteiger charge is -2.14. The third kappa shape index (κ3) is 5.36. The van der Waals surface area contributed by atoms with E-state index in [1.165, 1.54) is 11.1 Å². The van der Waals surface area contributed by atoms with Gasteiger partial charge in [-0.25, -0.2) is 4.79 Å². The molecule has 0 amide bonds. The maximum Gasteiger partial charge on any atom is 0.334 e. The standard InChI is InChI=1S/C20H24O2/c1-16(2)8-6-11-17-12-7-13-19(14-17)20(21)22-15-18-9-4-3-5-10-18/h3-5,8-10,12-13H,6-7,11,14-15H2,1-2H3. The van der Waals surface area contributed by atoms with Crippen LogP contribution in [0.1, 0.15) is 45.1 Å². The Bertz CT molecular complexity index is 587. The van der Waals surface area contributed by atoms with Gasteiger partial charge in [0.25, 0.3) is 0 Å². The van der Waals surface area contributed by atoms with Crippen molar-refractivity contribution < 1.29 is 9.53 Å². The lowest BCUT2D eigenvalue weighted by atomic mass is 9.94. The van der Waals surface area contributed by atoms with Crippen LogP contribution >= 0.6 is 0 Å². The second-order valence-electron chi connectivity index (χ2n) is 5.89. The molecule has 0 saturated carbocycles. The fourth-order valence-electron chi connectivity index (χ4n) is 2.46. The lowest BCUT2D eigenvalue weighted by Crippen LogP contribution is -2.10. The number of hydrogen-bond donors (Lipinski definition) is 0. The molecule has 0 atom stereocenters. The highest BCUT2D eigenvalue weighted by atomic mass is 16.5. The summed E-state index contributed by atoms with van der Waals surface area (Å²) in [6.07, 6.45) is 10.1. The number of esters is 1. The fourth-order valence-corrected chi connectivity index (χ4v) is 2.46. The van der Waals surface area contributed by atoms with E-state index in [0.29, 0.717) is 6.61 Å². The minimum Gasteiger partial charge on any atom is -0.457 e. The summed E-state index contributed by atoms with van der Waals surface area (Å²) in [6.45, 7) is 4.57. The summed E-state index contributed by atoms with van der Waals surface area (Å²) >= 11 is 0. The van der Waals surface area contributed by atoms with Gasteiger partial charge in [-0.05, 0) is 38.7 Å². The largest absolute Gasteiger partial charge is 0.457 e. The van der Waals surface area contributed by atoms with E-state index in [2.05, 4.69) is 26.0 Å². The van der Waals surface area contributed by atoms with Crippen molar-refractivity contribution in [2.24, 2.45) is 0 Å². The molecule has 1 aromatic carbocycles. The first kappa shape index (κ1) is 16.3. The van der Waals surface area contributed by atoms with Crippen LogP contribution in [0.4, 0.5) is 0 Å². The van der Waals surface area contributed by atoms with E-state index in [9.17, 15) is 4.79 Å². The number of ether oxygens (including phenoxy) is 1. The van der Waals surface area contributed by atoms with Crippen molar-refractivity contribution in [2.75, 3.05) is 0 Å². The van der Waals surface area contributed by atoms with E-state index in [1.54, 1.807) is 0 Å². The normalized spacial score (nSPS) is 13.9. The zero-order chi connectivity index (χ0) is 15.8. The van der Waals surface area contributed by atoms with Crippen LogP contribution in [0.5, 0.6) is 0 Å². The predicted molar refractivity (Wildman–Crippen MR) is 90.3 cm³/mol. The van der Waals surface area contributed by atoms with E-state index in [4.69, 9.17) is 4.74 Å². The van der Waals surface area contributed by atoms with Crippen LogP contribution < -0.4 is 0 Å². The average Bonchev–Trinajstić information content (AvgIpc) is 2.53. The van der Waals surface area contributed by atoms with Crippen LogP contribution in [-0.2, 0) is 16.1 Å². The number of carbonyl (C=O) groups excluding carboxylic acids is 1. The zero-order valence-electron chi connectivity index (χ0n) is 13.5. The molecule has 0 saturated heterocycles. The molecule has 116 valence electrons. The second kappa shape index (κ2) is 8.38. The summed E-state index contributed by atoms with van der Waals surface area (Å²) in [5, 5.41) is 0. The molecule has 0 spiro atoms. The Morgan fingerprint density at radius 3 is 2.68 bits per heavy atom. The third-order valence-electron chi connectivity index (χ3n) is 3.68. The Morgan fingerprint density at radius 1 is 1.18 bits per heavy atom. The maximum absolute atomic E-state index is 12.2. The molecule has 2 rings (SSSR count). The summed E-state index contributed by atoms with van der Waals surface area (Å²) in [5.41, 5.74) is 4.50. The van der Waals surface area contributed by atoms with Crippen molar-refractivity contribution in [3.05, 3.63) is 70.8 Å². The predicted octanol–water partition coefficient (Wildman–Crippen LogP) is 5.12. The molecular formula is C20H24O2. The van der Waals surface area contributed by atoms with Gasteiger partial charge >= 0.3 is 5.97 Å². The molecule has 1 aromatic rings. The van der Waals surface area contributed by atoms with Crippen molar-refractivity contribution in [2.45, 2.75) is 46.1 Å². The van der Waals surface area contributed by atoms with Gasteiger partial charge in [0.1, 0.15) is 6.61 Å². The van der Waals surface area contributed by atoms with Crippen LogP contribution in [-0.4, -0.2) is 5.97 Å². The number of rotatable bonds is 6. The number of hydrogen-bond acceptors (Lipinski definition) is 2. The Hall–Kier alpha value is -2.09. The number of benzene rings is 1. The van der Waals surface area contributed by atoms with Gasteiger partial charge in [-0.3, -0.25) is 0 Å². The summed E-state index contributed by atoms with van der Waals surface area (Å²) in [4.78, 5) is 12.2. The first-order valence-electron chi connectivity index (χ1n) is 7.86. The Labute approximate surface area is 133 Å². The molecule has 2 heteroatoms. The van der Waals surface area contributed by atoms with Crippen molar-refractivity contribution in [3.63, 3.8) is 0 Å². The maximum atomic E-state index is 12.2. The molecular weight excluding hydrogens is 272 g/mol. The summed E-state index contributed by atoms with van der Waals surface area (Å²) < 4.78 is 5.41. The van der Waals surface area contributed by atoms with E-state index in [-0.39, 0.29) is 5.97 Å². The quantitative estimate of drug-likeness (QED) is 0.538. The molecule has 0 N–H and O–H groups in total. The SMILES string of the molecule is CC(C)=CCCC1=CCC=C(C(=O)OCc2ccccc2)C1. The van der Waals surface area contributed by atoms with E-state index >= 15 is 0 Å². The van der Waals surface area contributed by atoms with Gasteiger partial charge in [0, 0.05) is 12.0 Å². The molecule has 0 aromatic heterocycles. The lowest BCUT2D eigenvalue weighted by molar-refractivity contribution is -0.140. The van der Waals surface area contributed by atoms with Gasteiger partial charge in [-0.2, -0.15) is 0 Å². The zero-order valence-corrected chi connectivity index (χ0v) is 13.5. The monoisotopic (exact) mass is 296 g/mol. The van der Waals surface area contributed by atoms with E-state index in [0.717, 1.165) is 36.8 Å². The third-order valence-corrected chi connectivity index (χ3v) is 3.68. The van der Waals surface area contributed by atoms with Gasteiger partial charge in [-0.15, -0.1) is 0 Å². The summed E-state index contributed by atoms with van der Waals surface area (Å²) in [7, 11) is 0. The second-order valence-corrected chi connectivity index (χ2v) is 5.89. The Morgan fingerprint density at radius 2 is 1.95 bits per heavy atom. The van der Waals surface area contributed by atoms with Crippen molar-refractivity contribution in [3.8, 4) is 0 Å². The van der Waals surface area contributed by atoms with Gasteiger partial charge in [0.15, 0.2) is 0 Å². The minimum absolute atomic E-state index is 0.184. The van der Waals surface area contributed by atoms with Crippen LogP contribution in [0.25, 0.3) is 0 Å². The highest BCUT2D eigenvalue weighted by molar-refractivity contribution is 5.89. The fraction of sp³-hybridized carbons (Fsp3) is 0.350. The first-order chi connectivity index (χ1) is 10.6. The molecule has 22 heavy (non-hydrogen) atoms. The van der Waals surface area contributed by atoms with Crippen molar-refractivity contribution in [1.82, 2.24) is 0 Å². The van der Waals surface area contributed by atoms with Gasteiger partial charge in [-0.1, -0.05) is 59.7 Å². The molecule has 0 aliphatic heterocycles. The average molecular weight is 296 g/mol. The number of allylic oxidation sites excluding steroid dienone is 5. The number of carbonyl (C=O) groups is 1. The minimum atomic E-state index is -0.184. The molecule has 0 bridgehead atoms. The van der Waals surface area contributed by atoms with Crippen LogP contribution in [0.2, 0.25) is 0 Å². The molecule has 0 fully saturated rings. The molecule has 0 radical (unpaired) electrons. The van der Waals surface area contributed by atoms with Crippen LogP contribution in [0.15, 0.2) is 65.3 Å². The smallest absolute Gasteiger partial charge is 0.334 e. The Balaban J connectivity index is 1.81. The highest BCUT2D eigenvalue weighted by Gasteiger charge is 2.15. The van der Waals surface area contributed by atoms with Gasteiger partial charge < -0.3 is 4.74 Å².